The van der Waals surface area contributed by atoms with Crippen LogP contribution in [0.3, 0.4) is 0 Å². The van der Waals surface area contributed by atoms with Crippen LogP contribution in [0, 0.1) is 0 Å². The van der Waals surface area contributed by atoms with E-state index in [0.717, 1.165) is 18.8 Å². The van der Waals surface area contributed by atoms with E-state index < -0.39 is 0 Å². The molecule has 0 aliphatic heterocycles. The largest absolute Gasteiger partial charge is 0.302 e. The molecule has 96 valence electrons. The molecule has 17 heavy (non-hydrogen) atoms. The van der Waals surface area contributed by atoms with E-state index in [-0.39, 0.29) is 0 Å². The Bertz CT molecular complexity index is 375. The minimum atomic E-state index is 0.352. The zero-order valence-electron chi connectivity index (χ0n) is 10.6. The molecule has 0 N–H and O–H groups in total. The van der Waals surface area contributed by atoms with E-state index in [9.17, 15) is 0 Å². The lowest BCUT2D eigenvalue weighted by molar-refractivity contribution is 0.0256. The van der Waals surface area contributed by atoms with E-state index in [2.05, 4.69) is 40.5 Å². The van der Waals surface area contributed by atoms with Crippen LogP contribution in [-0.2, 0) is 6.54 Å². The zero-order valence-corrected chi connectivity index (χ0v) is 12.2. The third-order valence-electron chi connectivity index (χ3n) is 3.73. The Balaban J connectivity index is 1.93. The average Bonchev–Trinajstić information content (AvgIpc) is 2.58. The third kappa shape index (κ3) is 2.78. The number of rotatable bonds is 5. The predicted octanol–water partition coefficient (Wildman–Crippen LogP) is 2.11. The second-order valence-corrected chi connectivity index (χ2v) is 6.49. The van der Waals surface area contributed by atoms with Crippen LogP contribution < -0.4 is 0 Å². The molecular formula is C11H19ClN4S. The number of hydrogen-bond donors (Lipinski definition) is 0. The van der Waals surface area contributed by atoms with Gasteiger partial charge in [0, 0.05) is 30.2 Å². The first-order valence-corrected chi connectivity index (χ1v) is 7.01. The van der Waals surface area contributed by atoms with Crippen LogP contribution in [0.15, 0.2) is 0 Å². The van der Waals surface area contributed by atoms with Gasteiger partial charge in [-0.1, -0.05) is 16.1 Å². The van der Waals surface area contributed by atoms with Crippen molar-refractivity contribution in [1.82, 2.24) is 19.4 Å². The minimum Gasteiger partial charge on any atom is -0.302 e. The van der Waals surface area contributed by atoms with E-state index >= 15 is 0 Å². The first kappa shape index (κ1) is 13.2. The third-order valence-corrected chi connectivity index (χ3v) is 4.71. The van der Waals surface area contributed by atoms with Crippen molar-refractivity contribution in [2.24, 2.45) is 0 Å². The number of halogens is 1. The van der Waals surface area contributed by atoms with Gasteiger partial charge in [-0.25, -0.2) is 0 Å². The van der Waals surface area contributed by atoms with Crippen LogP contribution in [0.1, 0.15) is 25.0 Å². The molecule has 0 atom stereocenters. The van der Waals surface area contributed by atoms with Crippen molar-refractivity contribution in [1.29, 1.82) is 0 Å². The maximum Gasteiger partial charge on any atom is 0.138 e. The molecule has 1 aliphatic carbocycles. The molecule has 0 unspecified atom stereocenters. The van der Waals surface area contributed by atoms with E-state index in [1.165, 1.54) is 30.8 Å². The van der Waals surface area contributed by atoms with E-state index in [4.69, 9.17) is 11.6 Å². The summed E-state index contributed by atoms with van der Waals surface area (Å²) >= 11 is 7.28. The van der Waals surface area contributed by atoms with Crippen molar-refractivity contribution in [2.45, 2.75) is 31.3 Å². The maximum absolute atomic E-state index is 6.02. The Hall–Kier alpha value is -0.230. The highest BCUT2D eigenvalue weighted by Crippen LogP contribution is 2.36. The summed E-state index contributed by atoms with van der Waals surface area (Å²) in [5.41, 5.74) is 1.25. The van der Waals surface area contributed by atoms with Gasteiger partial charge in [-0.2, -0.15) is 0 Å². The van der Waals surface area contributed by atoms with E-state index in [1.807, 2.05) is 0 Å². The van der Waals surface area contributed by atoms with Gasteiger partial charge in [0.25, 0.3) is 0 Å². The van der Waals surface area contributed by atoms with E-state index in [0.29, 0.717) is 9.88 Å². The quantitative estimate of drug-likeness (QED) is 0.823. The smallest absolute Gasteiger partial charge is 0.138 e. The van der Waals surface area contributed by atoms with Crippen LogP contribution in [-0.4, -0.2) is 52.6 Å². The first-order valence-electron chi connectivity index (χ1n) is 5.86. The van der Waals surface area contributed by atoms with Gasteiger partial charge in [0.15, 0.2) is 0 Å². The van der Waals surface area contributed by atoms with Crippen molar-refractivity contribution in [3.63, 3.8) is 0 Å². The van der Waals surface area contributed by atoms with Crippen LogP contribution in [0.25, 0.3) is 0 Å². The second-order valence-electron chi connectivity index (χ2n) is 5.14. The summed E-state index contributed by atoms with van der Waals surface area (Å²) in [6, 6.07) is 0. The molecule has 0 bridgehead atoms. The molecule has 1 aromatic heterocycles. The first-order chi connectivity index (χ1) is 8.03. The van der Waals surface area contributed by atoms with Crippen molar-refractivity contribution < 1.29 is 0 Å². The average molecular weight is 275 g/mol. The van der Waals surface area contributed by atoms with Gasteiger partial charge in [0.1, 0.15) is 10.0 Å². The SMILES string of the molecule is CN(Cc1nnsc1Cl)CC1(N(C)C)CCC1. The van der Waals surface area contributed by atoms with Gasteiger partial charge in [-0.3, -0.25) is 4.90 Å². The lowest BCUT2D eigenvalue weighted by atomic mass is 9.75. The van der Waals surface area contributed by atoms with Gasteiger partial charge in [-0.15, -0.1) is 5.10 Å². The summed E-state index contributed by atoms with van der Waals surface area (Å²) in [4.78, 5) is 4.65. The molecule has 0 amide bonds. The number of hydrogen-bond acceptors (Lipinski definition) is 5. The summed E-state index contributed by atoms with van der Waals surface area (Å²) in [5.74, 6) is 0. The molecule has 6 heteroatoms. The molecule has 1 heterocycles. The maximum atomic E-state index is 6.02. The van der Waals surface area contributed by atoms with Gasteiger partial charge in [-0.05, 0) is 40.4 Å². The minimum absolute atomic E-state index is 0.352. The highest BCUT2D eigenvalue weighted by molar-refractivity contribution is 7.10. The highest BCUT2D eigenvalue weighted by Gasteiger charge is 2.39. The van der Waals surface area contributed by atoms with Gasteiger partial charge >= 0.3 is 0 Å². The molecule has 1 aliphatic rings. The molecule has 0 radical (unpaired) electrons. The van der Waals surface area contributed by atoms with Crippen molar-refractivity contribution in [3.05, 3.63) is 10.0 Å². The molecule has 0 aromatic carbocycles. The van der Waals surface area contributed by atoms with Crippen molar-refractivity contribution in [2.75, 3.05) is 27.7 Å². The van der Waals surface area contributed by atoms with Gasteiger partial charge < -0.3 is 4.90 Å². The second kappa shape index (κ2) is 5.18. The fourth-order valence-corrected chi connectivity index (χ4v) is 3.05. The number of nitrogens with zero attached hydrogens (tertiary/aromatic N) is 4. The molecule has 4 nitrogen and oxygen atoms in total. The van der Waals surface area contributed by atoms with Crippen molar-refractivity contribution in [3.8, 4) is 0 Å². The zero-order chi connectivity index (χ0) is 12.5. The Labute approximate surface area is 112 Å². The standard InChI is InChI=1S/C11H19ClN4S/c1-15(2)11(5-4-6-11)8-16(3)7-9-10(12)17-14-13-9/h4-8H2,1-3H3. The molecule has 1 aromatic rings. The topological polar surface area (TPSA) is 32.3 Å². The highest BCUT2D eigenvalue weighted by atomic mass is 35.5. The summed E-state index contributed by atoms with van der Waals surface area (Å²) in [6.07, 6.45) is 3.91. The summed E-state index contributed by atoms with van der Waals surface area (Å²) in [7, 11) is 6.47. The molecular weight excluding hydrogens is 256 g/mol. The fraction of sp³-hybridized carbons (Fsp3) is 0.818. The van der Waals surface area contributed by atoms with Crippen LogP contribution in [0.2, 0.25) is 4.34 Å². The lowest BCUT2D eigenvalue weighted by Crippen LogP contribution is -2.56. The van der Waals surface area contributed by atoms with Gasteiger partial charge in [0.2, 0.25) is 0 Å². The summed E-state index contributed by atoms with van der Waals surface area (Å²) in [6.45, 7) is 1.85. The Morgan fingerprint density at radius 2 is 2.06 bits per heavy atom. The number of aromatic nitrogens is 2. The van der Waals surface area contributed by atoms with Crippen LogP contribution >= 0.6 is 23.1 Å². The monoisotopic (exact) mass is 274 g/mol. The van der Waals surface area contributed by atoms with Gasteiger partial charge in [0.05, 0.1) is 0 Å². The Morgan fingerprint density at radius 1 is 1.35 bits per heavy atom. The normalized spacial score (nSPS) is 18.7. The molecule has 1 fully saturated rings. The Morgan fingerprint density at radius 3 is 2.47 bits per heavy atom. The van der Waals surface area contributed by atoms with Crippen molar-refractivity contribution >= 4 is 23.1 Å². The summed E-state index contributed by atoms with van der Waals surface area (Å²) in [5, 5.41) is 4.06. The summed E-state index contributed by atoms with van der Waals surface area (Å²) < 4.78 is 4.58. The lowest BCUT2D eigenvalue weighted by Gasteiger charge is -2.49. The predicted molar refractivity (Wildman–Crippen MR) is 71.5 cm³/mol. The molecule has 0 saturated heterocycles. The number of likely N-dealkylation sites (N-methyl/N-ethyl adjacent to an activating group) is 2. The van der Waals surface area contributed by atoms with Crippen LogP contribution in [0.4, 0.5) is 0 Å². The molecule has 1 saturated carbocycles. The molecule has 2 rings (SSSR count). The van der Waals surface area contributed by atoms with E-state index in [1.54, 1.807) is 0 Å². The fourth-order valence-electron chi connectivity index (χ4n) is 2.44. The Kier molecular flexibility index (Phi) is 4.02. The van der Waals surface area contributed by atoms with Crippen LogP contribution in [0.5, 0.6) is 0 Å². The molecule has 0 spiro atoms.